The molecule has 160 valence electrons. The molecule has 0 saturated heterocycles. The summed E-state index contributed by atoms with van der Waals surface area (Å²) in [5.41, 5.74) is 4.93. The molecule has 0 bridgehead atoms. The zero-order valence-electron chi connectivity index (χ0n) is 17.7. The molecular weight excluding hydrogens is 400 g/mol. The third-order valence-electron chi connectivity index (χ3n) is 5.89. The maximum atomic E-state index is 12.7. The lowest BCUT2D eigenvalue weighted by Crippen LogP contribution is -2.22. The van der Waals surface area contributed by atoms with Gasteiger partial charge in [-0.3, -0.25) is 14.2 Å². The van der Waals surface area contributed by atoms with Crippen molar-refractivity contribution in [1.82, 2.24) is 9.55 Å². The van der Waals surface area contributed by atoms with Gasteiger partial charge in [-0.05, 0) is 48.7 Å². The van der Waals surface area contributed by atoms with Gasteiger partial charge in [0.2, 0.25) is 5.91 Å². The Morgan fingerprint density at radius 1 is 0.938 bits per heavy atom. The van der Waals surface area contributed by atoms with E-state index < -0.39 is 0 Å². The van der Waals surface area contributed by atoms with E-state index in [0.717, 1.165) is 24.3 Å². The highest BCUT2D eigenvalue weighted by Gasteiger charge is 2.22. The van der Waals surface area contributed by atoms with Gasteiger partial charge >= 0.3 is 0 Å². The molecule has 4 aromatic rings. The Kier molecular flexibility index (Phi) is 5.42. The summed E-state index contributed by atoms with van der Waals surface area (Å²) in [7, 11) is 0. The fourth-order valence-corrected chi connectivity index (χ4v) is 4.29. The first-order valence-corrected chi connectivity index (χ1v) is 10.9. The van der Waals surface area contributed by atoms with Gasteiger partial charge in [0.05, 0.1) is 28.6 Å². The molecule has 0 atom stereocenters. The maximum absolute atomic E-state index is 12.7. The molecule has 0 radical (unpaired) electrons. The molecule has 32 heavy (non-hydrogen) atoms. The zero-order valence-corrected chi connectivity index (χ0v) is 17.7. The van der Waals surface area contributed by atoms with Crippen LogP contribution >= 0.6 is 0 Å². The molecule has 0 saturated carbocycles. The molecule has 0 unspecified atom stereocenters. The first kappa shape index (κ1) is 20.0. The minimum Gasteiger partial charge on any atom is -0.339 e. The van der Waals surface area contributed by atoms with Crippen LogP contribution in [0.15, 0.2) is 83.9 Å². The van der Waals surface area contributed by atoms with Gasteiger partial charge in [0.1, 0.15) is 0 Å². The van der Waals surface area contributed by atoms with E-state index in [4.69, 9.17) is 0 Å². The molecule has 1 N–H and O–H groups in total. The Balaban J connectivity index is 1.25. The minimum absolute atomic E-state index is 0.0632. The first-order chi connectivity index (χ1) is 15.7. The van der Waals surface area contributed by atoms with Crippen LogP contribution in [0.5, 0.6) is 0 Å². The Morgan fingerprint density at radius 2 is 1.69 bits per heavy atom. The summed E-state index contributed by atoms with van der Waals surface area (Å²) in [6, 6.07) is 23.6. The van der Waals surface area contributed by atoms with Crippen molar-refractivity contribution in [3.8, 4) is 0 Å². The van der Waals surface area contributed by atoms with Gasteiger partial charge in [0.15, 0.2) is 0 Å². The van der Waals surface area contributed by atoms with Gasteiger partial charge < -0.3 is 10.2 Å². The van der Waals surface area contributed by atoms with Crippen molar-refractivity contribution in [2.75, 3.05) is 16.8 Å². The smallest absolute Gasteiger partial charge is 0.261 e. The number of rotatable bonds is 6. The summed E-state index contributed by atoms with van der Waals surface area (Å²) in [6.45, 7) is 1.34. The lowest BCUT2D eigenvalue weighted by molar-refractivity contribution is -0.116. The minimum atomic E-state index is -0.0750. The predicted molar refractivity (Wildman–Crippen MR) is 127 cm³/mol. The zero-order chi connectivity index (χ0) is 21.9. The van der Waals surface area contributed by atoms with E-state index in [0.29, 0.717) is 30.3 Å². The topological polar surface area (TPSA) is 67.2 Å². The quantitative estimate of drug-likeness (QED) is 0.495. The molecule has 3 aromatic carbocycles. The van der Waals surface area contributed by atoms with E-state index in [1.807, 2.05) is 48.5 Å². The van der Waals surface area contributed by atoms with Crippen LogP contribution in [0, 0.1) is 0 Å². The normalized spacial score (nSPS) is 12.7. The molecule has 6 nitrogen and oxygen atoms in total. The number of fused-ring (bicyclic) bond motifs is 2. The molecule has 1 amide bonds. The molecule has 0 spiro atoms. The molecule has 0 fully saturated rings. The van der Waals surface area contributed by atoms with Gasteiger partial charge in [-0.25, -0.2) is 4.98 Å². The monoisotopic (exact) mass is 424 g/mol. The van der Waals surface area contributed by atoms with Crippen LogP contribution in [-0.2, 0) is 17.8 Å². The molecular formula is C26H24N4O2. The number of carbonyl (C=O) groups excluding carboxylic acids is 1. The van der Waals surface area contributed by atoms with Crippen LogP contribution in [-0.4, -0.2) is 22.0 Å². The Labute approximate surface area is 186 Å². The van der Waals surface area contributed by atoms with Gasteiger partial charge in [-0.1, -0.05) is 42.5 Å². The summed E-state index contributed by atoms with van der Waals surface area (Å²) in [6.07, 6.45) is 3.43. The highest BCUT2D eigenvalue weighted by atomic mass is 16.1. The largest absolute Gasteiger partial charge is 0.339 e. The molecule has 1 aliphatic heterocycles. The second-order valence-electron chi connectivity index (χ2n) is 7.96. The SMILES string of the molecule is O=C(CCCn1cnc2ccccc2c1=O)Nc1ccccc1N1CCc2ccccc21. The summed E-state index contributed by atoms with van der Waals surface area (Å²) in [5, 5.41) is 3.66. The summed E-state index contributed by atoms with van der Waals surface area (Å²) < 4.78 is 1.57. The van der Waals surface area contributed by atoms with Crippen molar-refractivity contribution in [2.24, 2.45) is 0 Å². The molecule has 5 rings (SSSR count). The lowest BCUT2D eigenvalue weighted by atomic mass is 10.1. The van der Waals surface area contributed by atoms with E-state index in [9.17, 15) is 9.59 Å². The highest BCUT2D eigenvalue weighted by Crippen LogP contribution is 2.38. The summed E-state index contributed by atoms with van der Waals surface area (Å²) >= 11 is 0. The van der Waals surface area contributed by atoms with Crippen molar-refractivity contribution < 1.29 is 4.79 Å². The number of para-hydroxylation sites is 4. The van der Waals surface area contributed by atoms with Crippen LogP contribution < -0.4 is 15.8 Å². The van der Waals surface area contributed by atoms with E-state index in [2.05, 4.69) is 33.4 Å². The third kappa shape index (κ3) is 3.87. The number of aromatic nitrogens is 2. The van der Waals surface area contributed by atoms with Crippen molar-refractivity contribution in [3.63, 3.8) is 0 Å². The van der Waals surface area contributed by atoms with E-state index in [1.54, 1.807) is 17.0 Å². The van der Waals surface area contributed by atoms with Crippen LogP contribution in [0.4, 0.5) is 17.1 Å². The number of aryl methyl sites for hydroxylation is 1. The van der Waals surface area contributed by atoms with E-state index in [-0.39, 0.29) is 11.5 Å². The number of hydrogen-bond acceptors (Lipinski definition) is 4. The summed E-state index contributed by atoms with van der Waals surface area (Å²) in [4.78, 5) is 31.9. The Morgan fingerprint density at radius 3 is 2.59 bits per heavy atom. The third-order valence-corrected chi connectivity index (χ3v) is 5.89. The number of amides is 1. The van der Waals surface area contributed by atoms with Crippen molar-refractivity contribution in [3.05, 3.63) is 95.0 Å². The van der Waals surface area contributed by atoms with Crippen molar-refractivity contribution in [1.29, 1.82) is 0 Å². The van der Waals surface area contributed by atoms with Crippen molar-refractivity contribution in [2.45, 2.75) is 25.8 Å². The van der Waals surface area contributed by atoms with Gasteiger partial charge in [-0.15, -0.1) is 0 Å². The standard InChI is InChI=1S/C26H24N4O2/c31-25(14-7-16-29-18-27-21-10-3-2-9-20(21)26(29)32)28-22-11-4-6-13-24(22)30-17-15-19-8-1-5-12-23(19)30/h1-6,8-13,18H,7,14-17H2,(H,28,31). The molecule has 1 aliphatic rings. The Hall–Kier alpha value is -3.93. The molecule has 6 heteroatoms. The number of anilines is 3. The van der Waals surface area contributed by atoms with Crippen LogP contribution in [0.3, 0.4) is 0 Å². The van der Waals surface area contributed by atoms with E-state index in [1.165, 1.54) is 11.3 Å². The fraction of sp³-hybridized carbons (Fsp3) is 0.192. The highest BCUT2D eigenvalue weighted by molar-refractivity contribution is 5.95. The van der Waals surface area contributed by atoms with Gasteiger partial charge in [-0.2, -0.15) is 0 Å². The number of nitrogens with zero attached hydrogens (tertiary/aromatic N) is 3. The van der Waals surface area contributed by atoms with Crippen LogP contribution in [0.25, 0.3) is 10.9 Å². The Bertz CT molecular complexity index is 1340. The predicted octanol–water partition coefficient (Wildman–Crippen LogP) is 4.51. The van der Waals surface area contributed by atoms with Gasteiger partial charge in [0, 0.05) is 25.2 Å². The molecule has 2 heterocycles. The number of benzene rings is 3. The number of nitrogens with one attached hydrogen (secondary N) is 1. The molecule has 1 aromatic heterocycles. The maximum Gasteiger partial charge on any atom is 0.261 e. The molecule has 0 aliphatic carbocycles. The van der Waals surface area contributed by atoms with E-state index >= 15 is 0 Å². The number of hydrogen-bond donors (Lipinski definition) is 1. The lowest BCUT2D eigenvalue weighted by Gasteiger charge is -2.23. The van der Waals surface area contributed by atoms with Crippen LogP contribution in [0.2, 0.25) is 0 Å². The average molecular weight is 425 g/mol. The second kappa shape index (κ2) is 8.67. The first-order valence-electron chi connectivity index (χ1n) is 10.9. The second-order valence-corrected chi connectivity index (χ2v) is 7.96. The average Bonchev–Trinajstić information content (AvgIpc) is 3.25. The number of carbonyl (C=O) groups is 1. The fourth-order valence-electron chi connectivity index (χ4n) is 4.29. The van der Waals surface area contributed by atoms with Gasteiger partial charge in [0.25, 0.3) is 5.56 Å². The van der Waals surface area contributed by atoms with Crippen LogP contribution in [0.1, 0.15) is 18.4 Å². The van der Waals surface area contributed by atoms with Crippen molar-refractivity contribution >= 4 is 33.9 Å². The summed E-state index contributed by atoms with van der Waals surface area (Å²) in [5.74, 6) is -0.0632.